The van der Waals surface area contributed by atoms with Crippen molar-refractivity contribution >= 4 is 29.3 Å². The Balaban J connectivity index is 1.48. The summed E-state index contributed by atoms with van der Waals surface area (Å²) in [6.07, 6.45) is 1.91. The molecule has 1 heterocycles. The van der Waals surface area contributed by atoms with Crippen molar-refractivity contribution in [2.75, 3.05) is 30.5 Å². The van der Waals surface area contributed by atoms with Gasteiger partial charge in [0.25, 0.3) is 0 Å². The highest BCUT2D eigenvalue weighted by Crippen LogP contribution is 2.33. The molecule has 1 fully saturated rings. The predicted molar refractivity (Wildman–Crippen MR) is 109 cm³/mol. The highest BCUT2D eigenvalue weighted by atomic mass is 32.2. The minimum Gasteiger partial charge on any atom is -0.497 e. The number of nitrogens with zero attached hydrogens (tertiary/aromatic N) is 1. The van der Waals surface area contributed by atoms with Crippen LogP contribution in [-0.2, 0) is 9.59 Å². The molecule has 0 saturated carbocycles. The molecular formula is C21H23FN2O3S. The molecule has 1 N–H and O–H groups in total. The van der Waals surface area contributed by atoms with E-state index < -0.39 is 0 Å². The van der Waals surface area contributed by atoms with E-state index >= 15 is 0 Å². The molecule has 2 aromatic rings. The third-order valence-corrected chi connectivity index (χ3v) is 5.58. The van der Waals surface area contributed by atoms with Crippen LogP contribution in [0.4, 0.5) is 10.1 Å². The number of rotatable bonds is 7. The number of likely N-dealkylation sites (tertiary alicyclic amines) is 1. The summed E-state index contributed by atoms with van der Waals surface area (Å²) in [6, 6.07) is 13.5. The number of ether oxygens (including phenoxy) is 1. The second kappa shape index (κ2) is 9.59. The van der Waals surface area contributed by atoms with Crippen LogP contribution in [0.15, 0.2) is 48.5 Å². The lowest BCUT2D eigenvalue weighted by Gasteiger charge is -2.25. The Morgan fingerprint density at radius 1 is 1.14 bits per heavy atom. The third-order valence-electron chi connectivity index (χ3n) is 4.66. The molecule has 7 heteroatoms. The monoisotopic (exact) mass is 402 g/mol. The van der Waals surface area contributed by atoms with Gasteiger partial charge in [0.15, 0.2) is 0 Å². The highest BCUT2D eigenvalue weighted by Gasteiger charge is 2.29. The zero-order chi connectivity index (χ0) is 19.9. The van der Waals surface area contributed by atoms with E-state index in [4.69, 9.17) is 4.74 Å². The Morgan fingerprint density at radius 2 is 1.86 bits per heavy atom. The van der Waals surface area contributed by atoms with Gasteiger partial charge in [-0.3, -0.25) is 9.59 Å². The fraction of sp³-hybridized carbons (Fsp3) is 0.333. The number of methoxy groups -OCH3 is 1. The van der Waals surface area contributed by atoms with Gasteiger partial charge in [-0.05, 0) is 54.8 Å². The number of anilines is 1. The van der Waals surface area contributed by atoms with E-state index in [1.807, 2.05) is 29.2 Å². The van der Waals surface area contributed by atoms with Crippen molar-refractivity contribution in [2.45, 2.75) is 18.9 Å². The van der Waals surface area contributed by atoms with E-state index in [-0.39, 0.29) is 35.2 Å². The van der Waals surface area contributed by atoms with Crippen LogP contribution in [0.25, 0.3) is 0 Å². The number of thioether (sulfide) groups is 1. The summed E-state index contributed by atoms with van der Waals surface area (Å²) in [7, 11) is 1.63. The lowest BCUT2D eigenvalue weighted by atomic mass is 10.0. The minimum absolute atomic E-state index is 0.0397. The molecule has 0 aliphatic carbocycles. The van der Waals surface area contributed by atoms with Gasteiger partial charge in [-0.1, -0.05) is 12.1 Å². The molecule has 1 aliphatic heterocycles. The first kappa shape index (κ1) is 20.2. The molecule has 0 bridgehead atoms. The summed E-state index contributed by atoms with van der Waals surface area (Å²) >= 11 is 1.28. The topological polar surface area (TPSA) is 58.6 Å². The first-order valence-electron chi connectivity index (χ1n) is 9.13. The second-order valence-electron chi connectivity index (χ2n) is 6.57. The van der Waals surface area contributed by atoms with Crippen molar-refractivity contribution in [1.29, 1.82) is 0 Å². The van der Waals surface area contributed by atoms with Gasteiger partial charge in [-0.2, -0.15) is 0 Å². The van der Waals surface area contributed by atoms with Gasteiger partial charge in [0.2, 0.25) is 11.8 Å². The standard InChI is InChI=1S/C21H23FN2O3S/c1-27-18-10-4-15(5-11-18)19-3-2-12-24(19)21(26)14-28-13-20(25)23-17-8-6-16(22)7-9-17/h4-11,19H,2-3,12-14H2,1H3,(H,23,25). The Hall–Kier alpha value is -2.54. The summed E-state index contributed by atoms with van der Waals surface area (Å²) in [5, 5.41) is 2.69. The fourth-order valence-corrected chi connectivity index (χ4v) is 3.98. The number of nitrogens with one attached hydrogen (secondary N) is 1. The fourth-order valence-electron chi connectivity index (χ4n) is 3.28. The Bertz CT molecular complexity index is 811. The zero-order valence-corrected chi connectivity index (χ0v) is 16.5. The van der Waals surface area contributed by atoms with Crippen LogP contribution in [0.3, 0.4) is 0 Å². The van der Waals surface area contributed by atoms with Gasteiger partial charge in [0.1, 0.15) is 11.6 Å². The van der Waals surface area contributed by atoms with E-state index in [1.54, 1.807) is 7.11 Å². The first-order chi connectivity index (χ1) is 13.6. The van der Waals surface area contributed by atoms with Crippen LogP contribution >= 0.6 is 11.8 Å². The molecule has 1 atom stereocenters. The summed E-state index contributed by atoms with van der Waals surface area (Å²) < 4.78 is 18.1. The number of halogens is 1. The number of hydrogen-bond acceptors (Lipinski definition) is 4. The molecule has 148 valence electrons. The third kappa shape index (κ3) is 5.25. The van der Waals surface area contributed by atoms with Gasteiger partial charge >= 0.3 is 0 Å². The van der Waals surface area contributed by atoms with E-state index in [2.05, 4.69) is 5.32 Å². The Morgan fingerprint density at radius 3 is 2.54 bits per heavy atom. The van der Waals surface area contributed by atoms with Crippen molar-refractivity contribution in [3.8, 4) is 5.75 Å². The van der Waals surface area contributed by atoms with E-state index in [1.165, 1.54) is 36.0 Å². The van der Waals surface area contributed by atoms with Crippen molar-refractivity contribution in [2.24, 2.45) is 0 Å². The first-order valence-corrected chi connectivity index (χ1v) is 10.3. The van der Waals surface area contributed by atoms with E-state index in [0.29, 0.717) is 5.69 Å². The second-order valence-corrected chi connectivity index (χ2v) is 7.55. The van der Waals surface area contributed by atoms with Crippen LogP contribution in [0.1, 0.15) is 24.4 Å². The number of benzene rings is 2. The lowest BCUT2D eigenvalue weighted by molar-refractivity contribution is -0.129. The maximum Gasteiger partial charge on any atom is 0.234 e. The molecule has 0 radical (unpaired) electrons. The molecule has 1 unspecified atom stereocenters. The molecule has 0 aromatic heterocycles. The van der Waals surface area contributed by atoms with Crippen LogP contribution in [0.2, 0.25) is 0 Å². The SMILES string of the molecule is COc1ccc(C2CCCN2C(=O)CSCC(=O)Nc2ccc(F)cc2)cc1. The molecule has 3 rings (SSSR count). The summed E-state index contributed by atoms with van der Waals surface area (Å²) in [6.45, 7) is 0.734. The van der Waals surface area contributed by atoms with Crippen molar-refractivity contribution in [3.05, 3.63) is 59.9 Å². The van der Waals surface area contributed by atoms with Crippen molar-refractivity contribution in [3.63, 3.8) is 0 Å². The molecule has 1 saturated heterocycles. The predicted octanol–water partition coefficient (Wildman–Crippen LogP) is 3.87. The van der Waals surface area contributed by atoms with E-state index in [9.17, 15) is 14.0 Å². The summed E-state index contributed by atoms with van der Waals surface area (Å²) in [5.74, 6) is 0.695. The van der Waals surface area contributed by atoms with Gasteiger partial charge in [-0.25, -0.2) is 4.39 Å². The molecule has 1 aliphatic rings. The quantitative estimate of drug-likeness (QED) is 0.764. The average molecular weight is 402 g/mol. The van der Waals surface area contributed by atoms with Gasteiger partial charge < -0.3 is 15.0 Å². The smallest absolute Gasteiger partial charge is 0.234 e. The van der Waals surface area contributed by atoms with Gasteiger partial charge in [0, 0.05) is 12.2 Å². The maximum absolute atomic E-state index is 12.9. The number of hydrogen-bond donors (Lipinski definition) is 1. The molecule has 0 spiro atoms. The molecular weight excluding hydrogens is 379 g/mol. The van der Waals surface area contributed by atoms with Crippen molar-refractivity contribution in [1.82, 2.24) is 4.90 Å². The zero-order valence-electron chi connectivity index (χ0n) is 15.7. The summed E-state index contributed by atoms with van der Waals surface area (Å²) in [4.78, 5) is 26.5. The normalized spacial score (nSPS) is 16.1. The molecule has 5 nitrogen and oxygen atoms in total. The summed E-state index contributed by atoms with van der Waals surface area (Å²) in [5.41, 5.74) is 1.64. The van der Waals surface area contributed by atoms with Crippen molar-refractivity contribution < 1.29 is 18.7 Å². The maximum atomic E-state index is 12.9. The largest absolute Gasteiger partial charge is 0.497 e. The van der Waals surface area contributed by atoms with Crippen LogP contribution in [-0.4, -0.2) is 41.9 Å². The van der Waals surface area contributed by atoms with Crippen LogP contribution < -0.4 is 10.1 Å². The van der Waals surface area contributed by atoms with Gasteiger partial charge in [-0.15, -0.1) is 11.8 Å². The molecule has 2 aromatic carbocycles. The van der Waals surface area contributed by atoms with E-state index in [0.717, 1.165) is 30.7 Å². The van der Waals surface area contributed by atoms with Crippen LogP contribution in [0.5, 0.6) is 5.75 Å². The number of amides is 2. The lowest BCUT2D eigenvalue weighted by Crippen LogP contribution is -2.32. The molecule has 28 heavy (non-hydrogen) atoms. The highest BCUT2D eigenvalue weighted by molar-refractivity contribution is 8.00. The average Bonchev–Trinajstić information content (AvgIpc) is 3.20. The Kier molecular flexibility index (Phi) is 6.92. The number of carbonyl (C=O) groups is 2. The van der Waals surface area contributed by atoms with Gasteiger partial charge in [0.05, 0.1) is 24.7 Å². The number of carbonyl (C=O) groups excluding carboxylic acids is 2. The minimum atomic E-state index is -0.352. The Labute approximate surface area is 168 Å². The van der Waals surface area contributed by atoms with Crippen LogP contribution in [0, 0.1) is 5.82 Å². The molecule has 2 amide bonds.